The Morgan fingerprint density at radius 1 is 0.958 bits per heavy atom. The molecule has 4 heteroatoms. The lowest BCUT2D eigenvalue weighted by atomic mass is 10.1. The van der Waals surface area contributed by atoms with E-state index in [4.69, 9.17) is 14.2 Å². The molecule has 0 aliphatic rings. The summed E-state index contributed by atoms with van der Waals surface area (Å²) in [6.45, 7) is 4.38. The number of halogens is 1. The van der Waals surface area contributed by atoms with E-state index in [1.165, 1.54) is 10.8 Å². The molecule has 0 saturated carbocycles. The van der Waals surface area contributed by atoms with E-state index in [1.807, 2.05) is 6.07 Å². The first-order valence-corrected chi connectivity index (χ1v) is 10.00. The van der Waals surface area contributed by atoms with Crippen molar-refractivity contribution in [3.63, 3.8) is 0 Å². The molecule has 0 aromatic heterocycles. The summed E-state index contributed by atoms with van der Waals surface area (Å²) in [5.41, 5.74) is -0.0697. The van der Waals surface area contributed by atoms with Gasteiger partial charge < -0.3 is 14.2 Å². The molecule has 24 heavy (non-hydrogen) atoms. The minimum atomic E-state index is -0.0697. The highest BCUT2D eigenvalue weighted by Crippen LogP contribution is 2.21. The van der Waals surface area contributed by atoms with Crippen molar-refractivity contribution in [3.05, 3.63) is 42.5 Å². The lowest BCUT2D eigenvalue weighted by Crippen LogP contribution is -2.30. The number of fused-ring (bicyclic) bond motifs is 1. The molecule has 1 unspecified atom stereocenters. The number of hydrogen-bond acceptors (Lipinski definition) is 3. The molecule has 0 fully saturated rings. The van der Waals surface area contributed by atoms with Gasteiger partial charge in [0.15, 0.2) is 0 Å². The van der Waals surface area contributed by atoms with E-state index in [0.29, 0.717) is 0 Å². The van der Waals surface area contributed by atoms with Crippen LogP contribution in [0.3, 0.4) is 0 Å². The summed E-state index contributed by atoms with van der Waals surface area (Å²) in [6, 6.07) is 14.6. The van der Waals surface area contributed by atoms with E-state index < -0.39 is 0 Å². The second kappa shape index (κ2) is 10.2. The molecule has 0 N–H and O–H groups in total. The first-order valence-electron chi connectivity index (χ1n) is 8.47. The lowest BCUT2D eigenvalue weighted by molar-refractivity contribution is -0.00471. The molecule has 0 amide bonds. The SMILES string of the molecule is COC(C)(CI)CCOCCCCOc1ccc2ccccc2c1. The van der Waals surface area contributed by atoms with E-state index in [2.05, 4.69) is 65.9 Å². The van der Waals surface area contributed by atoms with Gasteiger partial charge >= 0.3 is 0 Å². The number of ether oxygens (including phenoxy) is 3. The van der Waals surface area contributed by atoms with Crippen molar-refractivity contribution < 1.29 is 14.2 Å². The number of hydrogen-bond donors (Lipinski definition) is 0. The third-order valence-corrected chi connectivity index (χ3v) is 5.84. The van der Waals surface area contributed by atoms with Crippen LogP contribution in [0.5, 0.6) is 5.75 Å². The zero-order valence-electron chi connectivity index (χ0n) is 14.6. The second-order valence-corrected chi connectivity index (χ2v) is 6.98. The summed E-state index contributed by atoms with van der Waals surface area (Å²) in [5, 5.41) is 2.46. The van der Waals surface area contributed by atoms with Crippen LogP contribution < -0.4 is 4.74 Å². The fourth-order valence-corrected chi connectivity index (χ4v) is 3.06. The van der Waals surface area contributed by atoms with Gasteiger partial charge in [0.05, 0.1) is 12.2 Å². The van der Waals surface area contributed by atoms with Gasteiger partial charge in [0, 0.05) is 31.2 Å². The molecule has 132 valence electrons. The van der Waals surface area contributed by atoms with Gasteiger partial charge in [-0.2, -0.15) is 0 Å². The highest BCUT2D eigenvalue weighted by Gasteiger charge is 2.21. The standard InChI is InChI=1S/C20H27IO3/c1-20(16-21,22-2)11-14-23-12-5-6-13-24-19-10-9-17-7-3-4-8-18(17)15-19/h3-4,7-10,15H,5-6,11-14,16H2,1-2H3. The molecule has 0 bridgehead atoms. The zero-order valence-corrected chi connectivity index (χ0v) is 16.8. The van der Waals surface area contributed by atoms with Crippen molar-refractivity contribution in [2.75, 3.05) is 31.4 Å². The van der Waals surface area contributed by atoms with Crippen LogP contribution in [0.1, 0.15) is 26.2 Å². The predicted molar refractivity (Wildman–Crippen MR) is 108 cm³/mol. The molecule has 3 nitrogen and oxygen atoms in total. The number of rotatable bonds is 11. The van der Waals surface area contributed by atoms with Crippen LogP contribution in [-0.2, 0) is 9.47 Å². The normalized spacial score (nSPS) is 13.8. The summed E-state index contributed by atoms with van der Waals surface area (Å²) in [7, 11) is 1.77. The van der Waals surface area contributed by atoms with Crippen molar-refractivity contribution in [3.8, 4) is 5.75 Å². The molecular weight excluding hydrogens is 415 g/mol. The Labute approximate surface area is 158 Å². The van der Waals surface area contributed by atoms with Gasteiger partial charge in [0.2, 0.25) is 0 Å². The highest BCUT2D eigenvalue weighted by molar-refractivity contribution is 14.1. The fourth-order valence-electron chi connectivity index (χ4n) is 2.37. The van der Waals surface area contributed by atoms with Gasteiger partial charge in [-0.05, 0) is 42.7 Å². The summed E-state index contributed by atoms with van der Waals surface area (Å²) in [4.78, 5) is 0. The molecule has 0 aliphatic heterocycles. The molecule has 2 aromatic carbocycles. The smallest absolute Gasteiger partial charge is 0.119 e. The maximum absolute atomic E-state index is 5.83. The Morgan fingerprint density at radius 2 is 1.71 bits per heavy atom. The maximum atomic E-state index is 5.83. The Kier molecular flexibility index (Phi) is 8.29. The molecular formula is C20H27IO3. The van der Waals surface area contributed by atoms with Crippen LogP contribution in [0.2, 0.25) is 0 Å². The van der Waals surface area contributed by atoms with Gasteiger partial charge in [-0.1, -0.05) is 52.9 Å². The van der Waals surface area contributed by atoms with Crippen LogP contribution in [-0.4, -0.2) is 37.0 Å². The Hall–Kier alpha value is -0.850. The molecule has 2 aromatic rings. The summed E-state index contributed by atoms with van der Waals surface area (Å²) in [6.07, 6.45) is 2.95. The van der Waals surface area contributed by atoms with E-state index >= 15 is 0 Å². The zero-order chi connectivity index (χ0) is 17.3. The van der Waals surface area contributed by atoms with E-state index in [-0.39, 0.29) is 5.60 Å². The van der Waals surface area contributed by atoms with Crippen LogP contribution in [0.4, 0.5) is 0 Å². The first kappa shape index (κ1) is 19.5. The Bertz CT molecular complexity index is 611. The van der Waals surface area contributed by atoms with E-state index in [0.717, 1.165) is 49.3 Å². The van der Waals surface area contributed by atoms with Crippen molar-refractivity contribution in [1.29, 1.82) is 0 Å². The second-order valence-electron chi connectivity index (χ2n) is 6.21. The van der Waals surface area contributed by atoms with Gasteiger partial charge in [-0.25, -0.2) is 0 Å². The molecule has 0 heterocycles. The minimum Gasteiger partial charge on any atom is -0.494 e. The number of methoxy groups -OCH3 is 1. The van der Waals surface area contributed by atoms with Gasteiger partial charge in [-0.3, -0.25) is 0 Å². The molecule has 0 radical (unpaired) electrons. The number of unbranched alkanes of at least 4 members (excludes halogenated alkanes) is 1. The average molecular weight is 442 g/mol. The average Bonchev–Trinajstić information content (AvgIpc) is 2.63. The quantitative estimate of drug-likeness (QED) is 0.271. The Balaban J connectivity index is 1.58. The van der Waals surface area contributed by atoms with Crippen LogP contribution in [0, 0.1) is 0 Å². The first-order chi connectivity index (χ1) is 11.7. The van der Waals surface area contributed by atoms with Crippen molar-refractivity contribution >= 4 is 33.4 Å². The number of benzene rings is 2. The van der Waals surface area contributed by atoms with Gasteiger partial charge in [0.1, 0.15) is 5.75 Å². The molecule has 1 atom stereocenters. The fraction of sp³-hybridized carbons (Fsp3) is 0.500. The van der Waals surface area contributed by atoms with Crippen LogP contribution >= 0.6 is 22.6 Å². The third kappa shape index (κ3) is 6.22. The predicted octanol–water partition coefficient (Wildman–Crippen LogP) is 5.25. The third-order valence-electron chi connectivity index (χ3n) is 4.22. The van der Waals surface area contributed by atoms with E-state index in [9.17, 15) is 0 Å². The van der Waals surface area contributed by atoms with E-state index in [1.54, 1.807) is 7.11 Å². The van der Waals surface area contributed by atoms with Crippen LogP contribution in [0.15, 0.2) is 42.5 Å². The molecule has 0 aliphatic carbocycles. The molecule has 2 rings (SSSR count). The van der Waals surface area contributed by atoms with Gasteiger partial charge in [0.25, 0.3) is 0 Å². The largest absolute Gasteiger partial charge is 0.494 e. The highest BCUT2D eigenvalue weighted by atomic mass is 127. The lowest BCUT2D eigenvalue weighted by Gasteiger charge is -2.25. The van der Waals surface area contributed by atoms with Gasteiger partial charge in [-0.15, -0.1) is 0 Å². The van der Waals surface area contributed by atoms with Crippen molar-refractivity contribution in [2.24, 2.45) is 0 Å². The number of alkyl halides is 1. The van der Waals surface area contributed by atoms with Crippen LogP contribution in [0.25, 0.3) is 10.8 Å². The molecule has 0 spiro atoms. The topological polar surface area (TPSA) is 27.7 Å². The minimum absolute atomic E-state index is 0.0697. The maximum Gasteiger partial charge on any atom is 0.119 e. The molecule has 0 saturated heterocycles. The Morgan fingerprint density at radius 3 is 2.46 bits per heavy atom. The summed E-state index contributed by atoms with van der Waals surface area (Å²) in [5.74, 6) is 0.938. The summed E-state index contributed by atoms with van der Waals surface area (Å²) >= 11 is 2.36. The summed E-state index contributed by atoms with van der Waals surface area (Å²) < 4.78 is 18.0. The van der Waals surface area contributed by atoms with Crippen molar-refractivity contribution in [1.82, 2.24) is 0 Å². The monoisotopic (exact) mass is 442 g/mol. The van der Waals surface area contributed by atoms with Crippen molar-refractivity contribution in [2.45, 2.75) is 31.8 Å².